The Hall–Kier alpha value is -4.11. The zero-order chi connectivity index (χ0) is 21.1. The van der Waals surface area contributed by atoms with E-state index in [2.05, 4.69) is 9.97 Å². The largest absolute Gasteiger partial charge is 0.511 e. The number of hydrogen-bond donors (Lipinski definition) is 1. The molecule has 0 fully saturated rings. The first kappa shape index (κ1) is 19.2. The van der Waals surface area contributed by atoms with Crippen molar-refractivity contribution in [2.24, 2.45) is 0 Å². The molecule has 1 N–H and O–H groups in total. The Bertz CT molecular complexity index is 1240. The lowest BCUT2D eigenvalue weighted by Crippen LogP contribution is -2.05. The van der Waals surface area contributed by atoms with Gasteiger partial charge in [-0.05, 0) is 30.3 Å². The van der Waals surface area contributed by atoms with Gasteiger partial charge in [-0.3, -0.25) is 15.1 Å². The minimum absolute atomic E-state index is 0.00701. The standard InChI is InChI=1S/C21H13N3O5S/c25-21(26)29-19-10-13(20-23-17(12-30-20)14-4-3-9-22-11-14)7-8-16(19)15-5-1-2-6-18(15)24(27)28/h1-12H,(H,25,26). The minimum Gasteiger partial charge on any atom is -0.449 e. The number of benzene rings is 2. The van der Waals surface area contributed by atoms with Crippen LogP contribution in [0.25, 0.3) is 33.0 Å². The number of carbonyl (C=O) groups is 1. The van der Waals surface area contributed by atoms with Crippen LogP contribution in [-0.2, 0) is 0 Å². The highest BCUT2D eigenvalue weighted by Crippen LogP contribution is 2.39. The first-order valence-corrected chi connectivity index (χ1v) is 9.56. The monoisotopic (exact) mass is 419 g/mol. The van der Waals surface area contributed by atoms with Gasteiger partial charge < -0.3 is 9.84 Å². The predicted molar refractivity (Wildman–Crippen MR) is 112 cm³/mol. The van der Waals surface area contributed by atoms with E-state index >= 15 is 0 Å². The molecule has 8 nitrogen and oxygen atoms in total. The van der Waals surface area contributed by atoms with E-state index in [9.17, 15) is 14.9 Å². The Balaban J connectivity index is 1.79. The molecule has 0 unspecified atom stereocenters. The second-order valence-corrected chi connectivity index (χ2v) is 6.99. The molecule has 0 saturated carbocycles. The van der Waals surface area contributed by atoms with E-state index in [0.29, 0.717) is 16.1 Å². The van der Waals surface area contributed by atoms with E-state index in [-0.39, 0.29) is 17.0 Å². The third-order valence-electron chi connectivity index (χ3n) is 4.28. The van der Waals surface area contributed by atoms with Gasteiger partial charge in [0, 0.05) is 40.5 Å². The predicted octanol–water partition coefficient (Wildman–Crippen LogP) is 5.50. The fourth-order valence-corrected chi connectivity index (χ4v) is 3.80. The Morgan fingerprint density at radius 3 is 2.63 bits per heavy atom. The Morgan fingerprint density at radius 1 is 1.07 bits per heavy atom. The third-order valence-corrected chi connectivity index (χ3v) is 5.17. The molecule has 2 aromatic carbocycles. The van der Waals surface area contributed by atoms with Crippen molar-refractivity contribution in [1.82, 2.24) is 9.97 Å². The topological polar surface area (TPSA) is 115 Å². The smallest absolute Gasteiger partial charge is 0.449 e. The van der Waals surface area contributed by atoms with Gasteiger partial charge in [0.15, 0.2) is 0 Å². The lowest BCUT2D eigenvalue weighted by atomic mass is 10.0. The molecule has 0 aliphatic heterocycles. The fourth-order valence-electron chi connectivity index (χ4n) is 2.97. The van der Waals surface area contributed by atoms with E-state index in [1.54, 1.807) is 42.7 Å². The van der Waals surface area contributed by atoms with Crippen LogP contribution in [0.1, 0.15) is 0 Å². The molecule has 4 rings (SSSR count). The highest BCUT2D eigenvalue weighted by molar-refractivity contribution is 7.13. The first-order chi connectivity index (χ1) is 14.5. The first-order valence-electron chi connectivity index (χ1n) is 8.68. The molecule has 0 bridgehead atoms. The van der Waals surface area contributed by atoms with E-state index in [1.165, 1.54) is 23.5 Å². The maximum Gasteiger partial charge on any atom is 0.511 e. The number of aromatic nitrogens is 2. The van der Waals surface area contributed by atoms with Gasteiger partial charge in [0.05, 0.1) is 16.2 Å². The Morgan fingerprint density at radius 2 is 1.90 bits per heavy atom. The second kappa shape index (κ2) is 8.10. The average Bonchev–Trinajstić information content (AvgIpc) is 3.24. The summed E-state index contributed by atoms with van der Waals surface area (Å²) in [5.74, 6) is -0.00701. The lowest BCUT2D eigenvalue weighted by Gasteiger charge is -2.10. The van der Waals surface area contributed by atoms with Crippen LogP contribution in [0, 0.1) is 10.1 Å². The van der Waals surface area contributed by atoms with Gasteiger partial charge in [0.2, 0.25) is 0 Å². The van der Waals surface area contributed by atoms with Crippen molar-refractivity contribution in [2.75, 3.05) is 0 Å². The molecule has 2 aromatic heterocycles. The minimum atomic E-state index is -1.51. The van der Waals surface area contributed by atoms with Gasteiger partial charge >= 0.3 is 6.16 Å². The zero-order valence-electron chi connectivity index (χ0n) is 15.3. The number of hydrogen-bond acceptors (Lipinski definition) is 7. The average molecular weight is 419 g/mol. The van der Waals surface area contributed by atoms with Crippen molar-refractivity contribution in [1.29, 1.82) is 0 Å². The summed E-state index contributed by atoms with van der Waals surface area (Å²) in [4.78, 5) is 30.8. The molecule has 0 aliphatic rings. The number of carboxylic acid groups (broad SMARTS) is 1. The van der Waals surface area contributed by atoms with Crippen LogP contribution in [-0.4, -0.2) is 26.2 Å². The van der Waals surface area contributed by atoms with Gasteiger partial charge in [0.25, 0.3) is 5.69 Å². The van der Waals surface area contributed by atoms with E-state index in [1.807, 2.05) is 17.5 Å². The summed E-state index contributed by atoms with van der Waals surface area (Å²) in [6, 6.07) is 14.6. The van der Waals surface area contributed by atoms with Crippen LogP contribution in [0.4, 0.5) is 10.5 Å². The van der Waals surface area contributed by atoms with Crippen molar-refractivity contribution in [3.05, 3.63) is 82.5 Å². The molecule has 0 aliphatic carbocycles. The quantitative estimate of drug-likeness (QED) is 0.196. The number of pyridine rings is 1. The van der Waals surface area contributed by atoms with Crippen LogP contribution >= 0.6 is 11.3 Å². The van der Waals surface area contributed by atoms with E-state index in [0.717, 1.165) is 11.3 Å². The second-order valence-electron chi connectivity index (χ2n) is 6.13. The van der Waals surface area contributed by atoms with Crippen LogP contribution < -0.4 is 4.74 Å². The molecule has 0 radical (unpaired) electrons. The van der Waals surface area contributed by atoms with Gasteiger partial charge in [-0.2, -0.15) is 0 Å². The molecular weight excluding hydrogens is 406 g/mol. The summed E-state index contributed by atoms with van der Waals surface area (Å²) in [6.07, 6.45) is 1.87. The van der Waals surface area contributed by atoms with Crippen LogP contribution in [0.2, 0.25) is 0 Å². The number of nitrogens with zero attached hydrogens (tertiary/aromatic N) is 3. The SMILES string of the molecule is O=C(O)Oc1cc(-c2nc(-c3cccnc3)cs2)ccc1-c1ccccc1[N+](=O)[O-]. The molecule has 4 aromatic rings. The molecule has 0 spiro atoms. The third kappa shape index (κ3) is 3.87. The Labute approximate surface area is 174 Å². The molecule has 30 heavy (non-hydrogen) atoms. The van der Waals surface area contributed by atoms with Crippen molar-refractivity contribution < 1.29 is 19.6 Å². The summed E-state index contributed by atoms with van der Waals surface area (Å²) in [5, 5.41) is 23.1. The van der Waals surface area contributed by atoms with Crippen molar-refractivity contribution >= 4 is 23.2 Å². The fraction of sp³-hybridized carbons (Fsp3) is 0. The molecule has 0 atom stereocenters. The summed E-state index contributed by atoms with van der Waals surface area (Å²) in [6.45, 7) is 0. The van der Waals surface area contributed by atoms with Crippen LogP contribution in [0.5, 0.6) is 5.75 Å². The van der Waals surface area contributed by atoms with E-state index < -0.39 is 11.1 Å². The zero-order valence-corrected chi connectivity index (χ0v) is 16.1. The molecule has 148 valence electrons. The molecular formula is C21H13N3O5S. The lowest BCUT2D eigenvalue weighted by molar-refractivity contribution is -0.384. The number of thiazole rings is 1. The van der Waals surface area contributed by atoms with Crippen molar-refractivity contribution in [2.45, 2.75) is 0 Å². The number of nitro benzene ring substituents is 1. The summed E-state index contributed by atoms with van der Waals surface area (Å²) < 4.78 is 4.95. The molecule has 0 saturated heterocycles. The molecule has 9 heteroatoms. The number of rotatable bonds is 5. The summed E-state index contributed by atoms with van der Waals surface area (Å²) >= 11 is 1.38. The molecule has 0 amide bonds. The van der Waals surface area contributed by atoms with Crippen LogP contribution in [0.15, 0.2) is 72.4 Å². The Kier molecular flexibility index (Phi) is 5.19. The molecule has 2 heterocycles. The normalized spacial score (nSPS) is 10.5. The van der Waals surface area contributed by atoms with E-state index in [4.69, 9.17) is 9.84 Å². The van der Waals surface area contributed by atoms with Gasteiger partial charge in [0.1, 0.15) is 10.8 Å². The summed E-state index contributed by atoms with van der Waals surface area (Å²) in [7, 11) is 0. The highest BCUT2D eigenvalue weighted by Gasteiger charge is 2.20. The van der Waals surface area contributed by atoms with Crippen LogP contribution in [0.3, 0.4) is 0 Å². The van der Waals surface area contributed by atoms with Gasteiger partial charge in [-0.1, -0.05) is 18.2 Å². The van der Waals surface area contributed by atoms with Gasteiger partial charge in [-0.25, -0.2) is 9.78 Å². The maximum atomic E-state index is 11.4. The summed E-state index contributed by atoms with van der Waals surface area (Å²) in [5.41, 5.74) is 2.66. The van der Waals surface area contributed by atoms with Gasteiger partial charge in [-0.15, -0.1) is 11.3 Å². The number of nitro groups is 1. The maximum absolute atomic E-state index is 11.4. The van der Waals surface area contributed by atoms with Crippen molar-refractivity contribution in [3.63, 3.8) is 0 Å². The number of para-hydroxylation sites is 1. The van der Waals surface area contributed by atoms with Crippen molar-refractivity contribution in [3.8, 4) is 38.7 Å². The highest BCUT2D eigenvalue weighted by atomic mass is 32.1. The number of ether oxygens (including phenoxy) is 1.